The van der Waals surface area contributed by atoms with Gasteiger partial charge in [0.05, 0.1) is 0 Å². The molecule has 0 aliphatic carbocycles. The van der Waals surface area contributed by atoms with Crippen LogP contribution in [0.1, 0.15) is 45.5 Å². The summed E-state index contributed by atoms with van der Waals surface area (Å²) < 4.78 is 6.73. The average Bonchev–Trinajstić information content (AvgIpc) is 2.58. The molecular weight excluding hydrogens is 222 g/mol. The van der Waals surface area contributed by atoms with Gasteiger partial charge in [-0.3, -0.25) is 4.57 Å². The van der Waals surface area contributed by atoms with Crippen LogP contribution in [-0.2, 0) is 16.0 Å². The molecule has 0 amide bonds. The highest BCUT2D eigenvalue weighted by molar-refractivity contribution is 5.74. The summed E-state index contributed by atoms with van der Waals surface area (Å²) in [6.07, 6.45) is 2.19. The van der Waals surface area contributed by atoms with Gasteiger partial charge in [0.1, 0.15) is 17.5 Å². The molecule has 1 aromatic rings. The van der Waals surface area contributed by atoms with Crippen LogP contribution in [0.3, 0.4) is 0 Å². The molecule has 0 aromatic carbocycles. The van der Waals surface area contributed by atoms with E-state index >= 15 is 0 Å². The summed E-state index contributed by atoms with van der Waals surface area (Å²) in [5.74, 6) is 0.277. The first-order valence-electron chi connectivity index (χ1n) is 5.77. The van der Waals surface area contributed by atoms with Gasteiger partial charge in [-0.05, 0) is 33.6 Å². The van der Waals surface area contributed by atoms with Gasteiger partial charge in [0.25, 0.3) is 0 Å². The zero-order valence-electron chi connectivity index (χ0n) is 10.3. The molecule has 0 bridgehead atoms. The standard InChI is InChI=1S/C11H17N3O3/c1-11(2,3)17-9(15)7-5-4-6-8-12-13-10(16)14(7)8/h7H,4-6H2,1-3H3,(H,13,16)/t7-/m1/s1. The highest BCUT2D eigenvalue weighted by Crippen LogP contribution is 2.24. The van der Waals surface area contributed by atoms with Crippen molar-refractivity contribution in [1.82, 2.24) is 14.8 Å². The van der Waals surface area contributed by atoms with E-state index in [1.54, 1.807) is 0 Å². The van der Waals surface area contributed by atoms with E-state index in [-0.39, 0.29) is 11.7 Å². The third-order valence-corrected chi connectivity index (χ3v) is 2.65. The molecule has 0 unspecified atom stereocenters. The fraction of sp³-hybridized carbons (Fsp3) is 0.727. The fourth-order valence-electron chi connectivity index (χ4n) is 2.01. The number of rotatable bonds is 1. The molecule has 0 fully saturated rings. The second kappa shape index (κ2) is 4.01. The summed E-state index contributed by atoms with van der Waals surface area (Å²) in [4.78, 5) is 23.6. The lowest BCUT2D eigenvalue weighted by molar-refractivity contribution is -0.159. The number of carbonyl (C=O) groups excluding carboxylic acids is 1. The largest absolute Gasteiger partial charge is 0.458 e. The lowest BCUT2D eigenvalue weighted by Crippen LogP contribution is -2.36. The van der Waals surface area contributed by atoms with E-state index in [0.717, 1.165) is 12.8 Å². The van der Waals surface area contributed by atoms with Gasteiger partial charge in [-0.1, -0.05) is 0 Å². The monoisotopic (exact) mass is 239 g/mol. The number of nitrogens with zero attached hydrogens (tertiary/aromatic N) is 2. The van der Waals surface area contributed by atoms with Crippen LogP contribution in [-0.4, -0.2) is 26.3 Å². The number of fused-ring (bicyclic) bond motifs is 1. The second-order valence-corrected chi connectivity index (χ2v) is 5.26. The van der Waals surface area contributed by atoms with Crippen LogP contribution in [0.4, 0.5) is 0 Å². The van der Waals surface area contributed by atoms with Gasteiger partial charge in [-0.15, -0.1) is 0 Å². The van der Waals surface area contributed by atoms with Gasteiger partial charge in [0.2, 0.25) is 0 Å². The van der Waals surface area contributed by atoms with Crippen molar-refractivity contribution in [3.8, 4) is 0 Å². The molecular formula is C11H17N3O3. The third-order valence-electron chi connectivity index (χ3n) is 2.65. The zero-order chi connectivity index (χ0) is 12.6. The number of aromatic nitrogens is 3. The normalized spacial score (nSPS) is 19.8. The highest BCUT2D eigenvalue weighted by atomic mass is 16.6. The summed E-state index contributed by atoms with van der Waals surface area (Å²) in [6, 6.07) is -0.538. The Morgan fingerprint density at radius 3 is 2.88 bits per heavy atom. The molecule has 1 N–H and O–H groups in total. The van der Waals surface area contributed by atoms with Crippen molar-refractivity contribution in [2.75, 3.05) is 0 Å². The maximum absolute atomic E-state index is 12.0. The molecule has 17 heavy (non-hydrogen) atoms. The Labute approximate surface area is 99.0 Å². The van der Waals surface area contributed by atoms with Crippen molar-refractivity contribution in [2.24, 2.45) is 0 Å². The SMILES string of the molecule is CC(C)(C)OC(=O)[C@H]1CCCc2n[nH]c(=O)n21. The summed E-state index contributed by atoms with van der Waals surface area (Å²) >= 11 is 0. The van der Waals surface area contributed by atoms with Gasteiger partial charge in [0.15, 0.2) is 0 Å². The molecule has 0 saturated carbocycles. The van der Waals surface area contributed by atoms with E-state index in [1.165, 1.54) is 4.57 Å². The van der Waals surface area contributed by atoms with Crippen LogP contribution in [0.15, 0.2) is 4.79 Å². The number of nitrogens with one attached hydrogen (secondary N) is 1. The van der Waals surface area contributed by atoms with Crippen molar-refractivity contribution in [1.29, 1.82) is 0 Å². The summed E-state index contributed by atoms with van der Waals surface area (Å²) in [5, 5.41) is 6.28. The minimum atomic E-state index is -0.540. The Kier molecular flexibility index (Phi) is 2.81. The molecule has 0 radical (unpaired) electrons. The van der Waals surface area contributed by atoms with E-state index in [4.69, 9.17) is 4.74 Å². The molecule has 1 atom stereocenters. The van der Waals surface area contributed by atoms with Gasteiger partial charge >= 0.3 is 11.7 Å². The smallest absolute Gasteiger partial charge is 0.344 e. The predicted molar refractivity (Wildman–Crippen MR) is 60.7 cm³/mol. The fourth-order valence-corrected chi connectivity index (χ4v) is 2.01. The molecule has 94 valence electrons. The first-order chi connectivity index (χ1) is 7.88. The van der Waals surface area contributed by atoms with Crippen LogP contribution in [0.25, 0.3) is 0 Å². The zero-order valence-corrected chi connectivity index (χ0v) is 10.3. The molecule has 1 aliphatic heterocycles. The quantitative estimate of drug-likeness (QED) is 0.735. The maximum atomic E-state index is 12.0. The molecule has 6 heteroatoms. The number of hydrogen-bond acceptors (Lipinski definition) is 4. The van der Waals surface area contributed by atoms with Crippen molar-refractivity contribution < 1.29 is 9.53 Å². The van der Waals surface area contributed by atoms with E-state index < -0.39 is 11.6 Å². The van der Waals surface area contributed by atoms with Gasteiger partial charge in [0, 0.05) is 6.42 Å². The maximum Gasteiger partial charge on any atom is 0.344 e. The van der Waals surface area contributed by atoms with Crippen LogP contribution in [0, 0.1) is 0 Å². The van der Waals surface area contributed by atoms with Crippen LogP contribution >= 0.6 is 0 Å². The molecule has 1 aliphatic rings. The number of ether oxygens (including phenoxy) is 1. The molecule has 2 rings (SSSR count). The number of H-pyrrole nitrogens is 1. The Bertz CT molecular complexity index is 481. The van der Waals surface area contributed by atoms with E-state index in [0.29, 0.717) is 12.2 Å². The summed E-state index contributed by atoms with van der Waals surface area (Å²) in [5.41, 5.74) is -0.877. The first-order valence-corrected chi connectivity index (χ1v) is 5.77. The van der Waals surface area contributed by atoms with Crippen LogP contribution < -0.4 is 5.69 Å². The van der Waals surface area contributed by atoms with E-state index in [2.05, 4.69) is 10.2 Å². The Hall–Kier alpha value is -1.59. The second-order valence-electron chi connectivity index (χ2n) is 5.26. The highest BCUT2D eigenvalue weighted by Gasteiger charge is 2.32. The van der Waals surface area contributed by atoms with Gasteiger partial charge in [-0.2, -0.15) is 5.10 Å². The molecule has 0 spiro atoms. The van der Waals surface area contributed by atoms with Crippen molar-refractivity contribution in [3.05, 3.63) is 16.3 Å². The van der Waals surface area contributed by atoms with Crippen molar-refractivity contribution in [3.63, 3.8) is 0 Å². The first kappa shape index (κ1) is 11.9. The van der Waals surface area contributed by atoms with Crippen molar-refractivity contribution >= 4 is 5.97 Å². The van der Waals surface area contributed by atoms with Crippen LogP contribution in [0.5, 0.6) is 0 Å². The average molecular weight is 239 g/mol. The predicted octanol–water partition coefficient (Wildman–Crippen LogP) is 0.790. The van der Waals surface area contributed by atoms with E-state index in [1.807, 2.05) is 20.8 Å². The number of hydrogen-bond donors (Lipinski definition) is 1. The lowest BCUT2D eigenvalue weighted by Gasteiger charge is -2.26. The minimum Gasteiger partial charge on any atom is -0.458 e. The number of aryl methyl sites for hydroxylation is 1. The summed E-state index contributed by atoms with van der Waals surface area (Å²) in [6.45, 7) is 5.44. The number of carbonyl (C=O) groups is 1. The summed E-state index contributed by atoms with van der Waals surface area (Å²) in [7, 11) is 0. The van der Waals surface area contributed by atoms with E-state index in [9.17, 15) is 9.59 Å². The lowest BCUT2D eigenvalue weighted by atomic mass is 10.0. The number of aromatic amines is 1. The minimum absolute atomic E-state index is 0.337. The molecule has 0 saturated heterocycles. The molecule has 2 heterocycles. The van der Waals surface area contributed by atoms with Gasteiger partial charge < -0.3 is 4.74 Å². The Balaban J connectivity index is 2.27. The number of esters is 1. The van der Waals surface area contributed by atoms with Gasteiger partial charge in [-0.25, -0.2) is 14.7 Å². The third kappa shape index (κ3) is 2.40. The topological polar surface area (TPSA) is 77.0 Å². The Morgan fingerprint density at radius 1 is 1.53 bits per heavy atom. The van der Waals surface area contributed by atoms with Crippen LogP contribution in [0.2, 0.25) is 0 Å². The van der Waals surface area contributed by atoms with Crippen molar-refractivity contribution in [2.45, 2.75) is 51.7 Å². The molecule has 1 aromatic heterocycles. The Morgan fingerprint density at radius 2 is 2.24 bits per heavy atom. The molecule has 6 nitrogen and oxygen atoms in total.